The molecule has 36 heavy (non-hydrogen) atoms. The van der Waals surface area contributed by atoms with Crippen LogP contribution in [0.15, 0.2) is 71.5 Å². The van der Waals surface area contributed by atoms with Gasteiger partial charge >= 0.3 is 0 Å². The highest BCUT2D eigenvalue weighted by molar-refractivity contribution is 5.98. The topological polar surface area (TPSA) is 146 Å². The van der Waals surface area contributed by atoms with Crippen molar-refractivity contribution in [1.82, 2.24) is 24.7 Å². The van der Waals surface area contributed by atoms with Gasteiger partial charge in [0.05, 0.1) is 18.4 Å². The summed E-state index contributed by atoms with van der Waals surface area (Å²) in [6.07, 6.45) is 5.85. The molecule has 3 aromatic heterocycles. The number of hydrogen-bond acceptors (Lipinski definition) is 9. The summed E-state index contributed by atoms with van der Waals surface area (Å²) in [5.74, 6) is 0.842. The molecule has 0 bridgehead atoms. The lowest BCUT2D eigenvalue weighted by Gasteiger charge is -2.15. The first kappa shape index (κ1) is 22.8. The third kappa shape index (κ3) is 4.80. The first-order valence-electron chi connectivity index (χ1n) is 11.3. The standard InChI is InChI=1S/C25H24N8O3/c1-35-21-16(24-31-18-8-2-3-10-20(18)36-24)7-4-9-19(21)30-23-17(22(26)34)15-28-25(32-23)27-11-5-13-33-14-6-12-29-33/h2-4,6-10,12,14-15H,5,11,13H2,1H3,(H2,26,34)(H2,27,28,30,32). The van der Waals surface area contributed by atoms with Gasteiger partial charge in [-0.2, -0.15) is 10.1 Å². The van der Waals surface area contributed by atoms with Crippen LogP contribution in [0.3, 0.4) is 0 Å². The lowest BCUT2D eigenvalue weighted by atomic mass is 10.1. The molecule has 5 rings (SSSR count). The molecule has 0 aliphatic carbocycles. The van der Waals surface area contributed by atoms with E-state index in [4.69, 9.17) is 14.9 Å². The fourth-order valence-electron chi connectivity index (χ4n) is 3.76. The fraction of sp³-hybridized carbons (Fsp3) is 0.160. The number of benzene rings is 2. The number of methoxy groups -OCH3 is 1. The minimum absolute atomic E-state index is 0.145. The molecular weight excluding hydrogens is 460 g/mol. The van der Waals surface area contributed by atoms with E-state index < -0.39 is 5.91 Å². The molecule has 182 valence electrons. The maximum Gasteiger partial charge on any atom is 0.254 e. The monoisotopic (exact) mass is 484 g/mol. The fourth-order valence-corrected chi connectivity index (χ4v) is 3.76. The number of rotatable bonds is 10. The van der Waals surface area contributed by atoms with E-state index in [9.17, 15) is 4.79 Å². The summed E-state index contributed by atoms with van der Waals surface area (Å²) in [4.78, 5) is 25.4. The van der Waals surface area contributed by atoms with Crippen molar-refractivity contribution in [2.75, 3.05) is 24.3 Å². The van der Waals surface area contributed by atoms with Gasteiger partial charge in [-0.25, -0.2) is 9.97 Å². The molecule has 5 aromatic rings. The van der Waals surface area contributed by atoms with Crippen molar-refractivity contribution in [3.8, 4) is 17.2 Å². The number of primary amides is 1. The number of anilines is 3. The molecule has 0 aliphatic rings. The quantitative estimate of drug-likeness (QED) is 0.252. The molecule has 0 aliphatic heterocycles. The van der Waals surface area contributed by atoms with Crippen LogP contribution in [0, 0.1) is 0 Å². The molecule has 11 heteroatoms. The Kier molecular flexibility index (Phi) is 6.43. The number of nitrogens with one attached hydrogen (secondary N) is 2. The molecule has 1 amide bonds. The molecule has 0 saturated carbocycles. The zero-order valence-electron chi connectivity index (χ0n) is 19.5. The highest BCUT2D eigenvalue weighted by Gasteiger charge is 2.19. The zero-order valence-corrected chi connectivity index (χ0v) is 19.5. The number of aryl methyl sites for hydroxylation is 1. The van der Waals surface area contributed by atoms with E-state index in [1.54, 1.807) is 19.4 Å². The second-order valence-electron chi connectivity index (χ2n) is 7.87. The third-order valence-electron chi connectivity index (χ3n) is 5.46. The Balaban J connectivity index is 1.40. The molecule has 0 atom stereocenters. The Bertz CT molecular complexity index is 1460. The lowest BCUT2D eigenvalue weighted by molar-refractivity contribution is 0.100. The summed E-state index contributed by atoms with van der Waals surface area (Å²) in [7, 11) is 1.55. The largest absolute Gasteiger partial charge is 0.494 e. The Morgan fingerprint density at radius 2 is 2.03 bits per heavy atom. The van der Waals surface area contributed by atoms with Gasteiger partial charge < -0.3 is 25.5 Å². The summed E-state index contributed by atoms with van der Waals surface area (Å²) in [5, 5.41) is 10.5. The van der Waals surface area contributed by atoms with Crippen molar-refractivity contribution >= 4 is 34.5 Å². The van der Waals surface area contributed by atoms with Crippen LogP contribution in [-0.4, -0.2) is 44.3 Å². The van der Waals surface area contributed by atoms with Gasteiger partial charge in [0.1, 0.15) is 16.9 Å². The summed E-state index contributed by atoms with van der Waals surface area (Å²) in [5.41, 5.74) is 8.34. The second kappa shape index (κ2) is 10.1. The van der Waals surface area contributed by atoms with Gasteiger partial charge in [0.15, 0.2) is 11.3 Å². The first-order valence-corrected chi connectivity index (χ1v) is 11.3. The normalized spacial score (nSPS) is 10.9. The molecule has 4 N–H and O–H groups in total. The SMILES string of the molecule is COc1c(Nc2nc(NCCCn3cccn3)ncc2C(N)=O)cccc1-c1nc2ccccc2o1. The smallest absolute Gasteiger partial charge is 0.254 e. The van der Waals surface area contributed by atoms with Gasteiger partial charge in [-0.1, -0.05) is 18.2 Å². The van der Waals surface area contributed by atoms with E-state index in [1.807, 2.05) is 53.3 Å². The Labute approximate surface area is 206 Å². The average molecular weight is 485 g/mol. The summed E-state index contributed by atoms with van der Waals surface area (Å²) >= 11 is 0. The molecule has 0 radical (unpaired) electrons. The number of hydrogen-bond donors (Lipinski definition) is 3. The number of fused-ring (bicyclic) bond motifs is 1. The van der Waals surface area contributed by atoms with Gasteiger partial charge in [0, 0.05) is 31.7 Å². The minimum Gasteiger partial charge on any atom is -0.494 e. The Morgan fingerprint density at radius 3 is 2.81 bits per heavy atom. The highest BCUT2D eigenvalue weighted by Crippen LogP contribution is 2.38. The molecule has 0 unspecified atom stereocenters. The van der Waals surface area contributed by atoms with Crippen molar-refractivity contribution in [2.24, 2.45) is 5.73 Å². The zero-order chi connectivity index (χ0) is 24.9. The van der Waals surface area contributed by atoms with Crippen molar-refractivity contribution < 1.29 is 13.9 Å². The van der Waals surface area contributed by atoms with Crippen LogP contribution in [0.4, 0.5) is 17.5 Å². The highest BCUT2D eigenvalue weighted by atomic mass is 16.5. The first-order chi connectivity index (χ1) is 17.6. The lowest BCUT2D eigenvalue weighted by Crippen LogP contribution is -2.17. The molecule has 11 nitrogen and oxygen atoms in total. The number of carbonyl (C=O) groups is 1. The van der Waals surface area contributed by atoms with E-state index >= 15 is 0 Å². The number of nitrogens with zero attached hydrogens (tertiary/aromatic N) is 5. The number of nitrogens with two attached hydrogens (primary N) is 1. The Morgan fingerprint density at radius 1 is 1.14 bits per heavy atom. The van der Waals surface area contributed by atoms with Crippen molar-refractivity contribution in [3.63, 3.8) is 0 Å². The molecular formula is C25H24N8O3. The van der Waals surface area contributed by atoms with Gasteiger partial charge in [-0.15, -0.1) is 0 Å². The molecule has 0 saturated heterocycles. The van der Waals surface area contributed by atoms with Gasteiger partial charge in [0.25, 0.3) is 5.91 Å². The predicted molar refractivity (Wildman–Crippen MR) is 135 cm³/mol. The van der Waals surface area contributed by atoms with Crippen LogP contribution in [0.25, 0.3) is 22.6 Å². The van der Waals surface area contributed by atoms with Crippen LogP contribution in [0.2, 0.25) is 0 Å². The minimum atomic E-state index is -0.656. The average Bonchev–Trinajstić information content (AvgIpc) is 3.56. The van der Waals surface area contributed by atoms with E-state index in [-0.39, 0.29) is 11.4 Å². The summed E-state index contributed by atoms with van der Waals surface area (Å²) < 4.78 is 13.5. The van der Waals surface area contributed by atoms with E-state index in [0.29, 0.717) is 41.0 Å². The third-order valence-corrected chi connectivity index (χ3v) is 5.46. The van der Waals surface area contributed by atoms with E-state index in [0.717, 1.165) is 18.5 Å². The number of amides is 1. The second-order valence-corrected chi connectivity index (χ2v) is 7.87. The molecule has 0 spiro atoms. The van der Waals surface area contributed by atoms with Crippen LogP contribution >= 0.6 is 0 Å². The maximum atomic E-state index is 12.1. The molecule has 2 aromatic carbocycles. The van der Waals surface area contributed by atoms with Gasteiger partial charge in [-0.05, 0) is 36.8 Å². The number of carbonyl (C=O) groups excluding carboxylic acids is 1. The van der Waals surface area contributed by atoms with Crippen LogP contribution in [0.1, 0.15) is 16.8 Å². The van der Waals surface area contributed by atoms with Gasteiger partial charge in [-0.3, -0.25) is 9.48 Å². The molecule has 0 fully saturated rings. The van der Waals surface area contributed by atoms with Crippen LogP contribution in [0.5, 0.6) is 5.75 Å². The summed E-state index contributed by atoms with van der Waals surface area (Å²) in [6.45, 7) is 1.37. The van der Waals surface area contributed by atoms with Crippen molar-refractivity contribution in [3.05, 3.63) is 72.7 Å². The molecule has 3 heterocycles. The van der Waals surface area contributed by atoms with Crippen molar-refractivity contribution in [1.29, 1.82) is 0 Å². The number of oxazole rings is 1. The summed E-state index contributed by atoms with van der Waals surface area (Å²) in [6, 6.07) is 14.9. The van der Waals surface area contributed by atoms with Crippen molar-refractivity contribution in [2.45, 2.75) is 13.0 Å². The predicted octanol–water partition coefficient (Wildman–Crippen LogP) is 3.83. The van der Waals surface area contributed by atoms with E-state index in [2.05, 4.69) is 30.7 Å². The number of ether oxygens (including phenoxy) is 1. The van der Waals surface area contributed by atoms with E-state index in [1.165, 1.54) is 6.20 Å². The number of aromatic nitrogens is 5. The maximum absolute atomic E-state index is 12.1. The van der Waals surface area contributed by atoms with Crippen LogP contribution in [-0.2, 0) is 6.54 Å². The van der Waals surface area contributed by atoms with Crippen LogP contribution < -0.4 is 21.1 Å². The Hall–Kier alpha value is -4.93. The van der Waals surface area contributed by atoms with Gasteiger partial charge in [0.2, 0.25) is 11.8 Å². The number of para-hydroxylation sites is 3.